The summed E-state index contributed by atoms with van der Waals surface area (Å²) in [5.41, 5.74) is 0. The van der Waals surface area contributed by atoms with Crippen LogP contribution in [0.1, 0.15) is 22.5 Å². The number of hydrogen-bond acceptors (Lipinski definition) is 4. The van der Waals surface area contributed by atoms with E-state index in [9.17, 15) is 4.79 Å². The number of anilines is 1. The van der Waals surface area contributed by atoms with Crippen molar-refractivity contribution in [3.8, 4) is 0 Å². The molecule has 0 spiro atoms. The first-order valence-corrected chi connectivity index (χ1v) is 6.64. The van der Waals surface area contributed by atoms with Gasteiger partial charge in [-0.1, -0.05) is 0 Å². The van der Waals surface area contributed by atoms with Crippen LogP contribution >= 0.6 is 11.3 Å². The molecule has 5 heteroatoms. The minimum atomic E-state index is -0.838. The van der Waals surface area contributed by atoms with Crippen LogP contribution in [-0.2, 0) is 0 Å². The maximum atomic E-state index is 10.8. The van der Waals surface area contributed by atoms with Crippen LogP contribution in [0, 0.1) is 0 Å². The van der Waals surface area contributed by atoms with Crippen LogP contribution in [0.5, 0.6) is 0 Å². The lowest BCUT2D eigenvalue weighted by atomic mass is 10.1. The third-order valence-electron chi connectivity index (χ3n) is 3.30. The molecule has 1 aliphatic heterocycles. The van der Waals surface area contributed by atoms with Gasteiger partial charge in [0.25, 0.3) is 0 Å². The van der Waals surface area contributed by atoms with E-state index in [4.69, 9.17) is 5.11 Å². The lowest BCUT2D eigenvalue weighted by molar-refractivity contribution is 0.0702. The normalized spacial score (nSPS) is 21.4. The van der Waals surface area contributed by atoms with Crippen molar-refractivity contribution < 1.29 is 9.90 Å². The number of aromatic carboxylic acids is 1. The highest BCUT2D eigenvalue weighted by Gasteiger charge is 2.22. The molecule has 1 fully saturated rings. The van der Waals surface area contributed by atoms with Crippen LogP contribution in [-0.4, -0.2) is 49.2 Å². The Labute approximate surface area is 105 Å². The van der Waals surface area contributed by atoms with Crippen LogP contribution < -0.4 is 4.90 Å². The molecule has 0 saturated carbocycles. The third kappa shape index (κ3) is 2.79. The molecule has 1 saturated heterocycles. The molecule has 94 valence electrons. The number of carboxylic acid groups (broad SMARTS) is 1. The van der Waals surface area contributed by atoms with Gasteiger partial charge in [0, 0.05) is 19.6 Å². The fraction of sp³-hybridized carbons (Fsp3) is 0.583. The SMILES string of the molecule is CN1CCCC(N(C)c2ccc(C(=O)O)s2)C1. The number of piperidine rings is 1. The third-order valence-corrected chi connectivity index (χ3v) is 4.46. The molecular formula is C12H18N2O2S. The number of carboxylic acids is 1. The molecule has 0 aromatic carbocycles. The first-order valence-electron chi connectivity index (χ1n) is 5.82. The summed E-state index contributed by atoms with van der Waals surface area (Å²) < 4.78 is 0. The average molecular weight is 254 g/mol. The topological polar surface area (TPSA) is 43.8 Å². The van der Waals surface area contributed by atoms with E-state index in [2.05, 4.69) is 23.9 Å². The van der Waals surface area contributed by atoms with Crippen molar-refractivity contribution >= 4 is 22.3 Å². The summed E-state index contributed by atoms with van der Waals surface area (Å²) in [4.78, 5) is 15.8. The zero-order chi connectivity index (χ0) is 12.4. The van der Waals surface area contributed by atoms with Gasteiger partial charge in [-0.05, 0) is 38.6 Å². The zero-order valence-corrected chi connectivity index (χ0v) is 11.0. The lowest BCUT2D eigenvalue weighted by Gasteiger charge is -2.36. The number of rotatable bonds is 3. The van der Waals surface area contributed by atoms with Gasteiger partial charge in [-0.25, -0.2) is 4.79 Å². The number of likely N-dealkylation sites (tertiary alicyclic amines) is 1. The minimum Gasteiger partial charge on any atom is -0.477 e. The van der Waals surface area contributed by atoms with E-state index >= 15 is 0 Å². The summed E-state index contributed by atoms with van der Waals surface area (Å²) in [7, 11) is 4.19. The van der Waals surface area contributed by atoms with Gasteiger partial charge in [0.15, 0.2) is 0 Å². The quantitative estimate of drug-likeness (QED) is 0.895. The second kappa shape index (κ2) is 5.06. The lowest BCUT2D eigenvalue weighted by Crippen LogP contribution is -2.44. The fourth-order valence-corrected chi connectivity index (χ4v) is 3.15. The van der Waals surface area contributed by atoms with E-state index in [1.807, 2.05) is 6.07 Å². The molecule has 0 bridgehead atoms. The van der Waals surface area contributed by atoms with Gasteiger partial charge in [0.2, 0.25) is 0 Å². The van der Waals surface area contributed by atoms with Gasteiger partial charge in [-0.3, -0.25) is 0 Å². The molecule has 2 rings (SSSR count). The summed E-state index contributed by atoms with van der Waals surface area (Å²) in [5, 5.41) is 9.96. The first-order chi connectivity index (χ1) is 8.08. The molecule has 1 atom stereocenters. The average Bonchev–Trinajstić information content (AvgIpc) is 2.77. The van der Waals surface area contributed by atoms with E-state index in [0.29, 0.717) is 10.9 Å². The Morgan fingerprint density at radius 3 is 2.94 bits per heavy atom. The van der Waals surface area contributed by atoms with E-state index in [1.165, 1.54) is 24.2 Å². The highest BCUT2D eigenvalue weighted by atomic mass is 32.1. The highest BCUT2D eigenvalue weighted by molar-refractivity contribution is 7.17. The van der Waals surface area contributed by atoms with E-state index in [1.54, 1.807) is 6.07 Å². The van der Waals surface area contributed by atoms with E-state index in [0.717, 1.165) is 18.1 Å². The Bertz CT molecular complexity index is 405. The van der Waals surface area contributed by atoms with Crippen LogP contribution in [0.3, 0.4) is 0 Å². The molecule has 1 unspecified atom stereocenters. The van der Waals surface area contributed by atoms with E-state index < -0.39 is 5.97 Å². The maximum Gasteiger partial charge on any atom is 0.345 e. The van der Waals surface area contributed by atoms with Crippen molar-refractivity contribution in [3.63, 3.8) is 0 Å². The molecule has 0 amide bonds. The van der Waals surface area contributed by atoms with Gasteiger partial charge < -0.3 is 14.9 Å². The summed E-state index contributed by atoms with van der Waals surface area (Å²) in [6, 6.07) is 4.09. The van der Waals surface area contributed by atoms with Crippen molar-refractivity contribution in [1.29, 1.82) is 0 Å². The van der Waals surface area contributed by atoms with Crippen LogP contribution in [0.25, 0.3) is 0 Å². The predicted molar refractivity (Wildman–Crippen MR) is 70.2 cm³/mol. The van der Waals surface area contributed by atoms with E-state index in [-0.39, 0.29) is 0 Å². The number of carbonyl (C=O) groups is 1. The molecule has 1 aromatic heterocycles. The Balaban J connectivity index is 2.07. The van der Waals surface area contributed by atoms with Crippen molar-refractivity contribution in [1.82, 2.24) is 4.90 Å². The Morgan fingerprint density at radius 2 is 2.35 bits per heavy atom. The van der Waals surface area contributed by atoms with Crippen molar-refractivity contribution in [2.75, 3.05) is 32.1 Å². The van der Waals surface area contributed by atoms with Gasteiger partial charge in [-0.2, -0.15) is 0 Å². The molecule has 1 aliphatic rings. The highest BCUT2D eigenvalue weighted by Crippen LogP contribution is 2.28. The second-order valence-electron chi connectivity index (χ2n) is 4.61. The summed E-state index contributed by atoms with van der Waals surface area (Å²) in [6.45, 7) is 2.21. The van der Waals surface area contributed by atoms with Crippen LogP contribution in [0.15, 0.2) is 12.1 Å². The van der Waals surface area contributed by atoms with Crippen LogP contribution in [0.4, 0.5) is 5.00 Å². The molecule has 0 aliphatic carbocycles. The largest absolute Gasteiger partial charge is 0.477 e. The molecule has 17 heavy (non-hydrogen) atoms. The zero-order valence-electron chi connectivity index (χ0n) is 10.2. The molecule has 1 N–H and O–H groups in total. The van der Waals surface area contributed by atoms with Crippen molar-refractivity contribution in [2.45, 2.75) is 18.9 Å². The minimum absolute atomic E-state index is 0.413. The molecular weight excluding hydrogens is 236 g/mol. The Morgan fingerprint density at radius 1 is 1.59 bits per heavy atom. The smallest absolute Gasteiger partial charge is 0.345 e. The number of nitrogens with zero attached hydrogens (tertiary/aromatic N) is 2. The van der Waals surface area contributed by atoms with Gasteiger partial charge >= 0.3 is 5.97 Å². The van der Waals surface area contributed by atoms with Crippen molar-refractivity contribution in [3.05, 3.63) is 17.0 Å². The first kappa shape index (κ1) is 12.4. The summed E-state index contributed by atoms with van der Waals surface area (Å²) in [5.74, 6) is -0.838. The summed E-state index contributed by atoms with van der Waals surface area (Å²) >= 11 is 1.35. The Kier molecular flexibility index (Phi) is 3.69. The number of thiophene rings is 1. The summed E-state index contributed by atoms with van der Waals surface area (Å²) in [6.07, 6.45) is 2.39. The van der Waals surface area contributed by atoms with Gasteiger partial charge in [-0.15, -0.1) is 11.3 Å². The van der Waals surface area contributed by atoms with Gasteiger partial charge in [0.05, 0.1) is 5.00 Å². The fourth-order valence-electron chi connectivity index (χ4n) is 2.27. The Hall–Kier alpha value is -1.07. The monoisotopic (exact) mass is 254 g/mol. The molecule has 1 aromatic rings. The molecule has 0 radical (unpaired) electrons. The molecule has 2 heterocycles. The predicted octanol–water partition coefficient (Wildman–Crippen LogP) is 1.98. The maximum absolute atomic E-state index is 10.8. The van der Waals surface area contributed by atoms with Crippen molar-refractivity contribution in [2.24, 2.45) is 0 Å². The van der Waals surface area contributed by atoms with Crippen LogP contribution in [0.2, 0.25) is 0 Å². The molecule has 4 nitrogen and oxygen atoms in total. The standard InChI is InChI=1S/C12H18N2O2S/c1-13-7-3-4-9(8-13)14(2)11-6-5-10(17-11)12(15)16/h5-6,9H,3-4,7-8H2,1-2H3,(H,15,16). The number of hydrogen-bond donors (Lipinski definition) is 1. The second-order valence-corrected chi connectivity index (χ2v) is 5.67. The van der Waals surface area contributed by atoms with Gasteiger partial charge in [0.1, 0.15) is 4.88 Å². The number of likely N-dealkylation sites (N-methyl/N-ethyl adjacent to an activating group) is 2.